The van der Waals surface area contributed by atoms with Crippen molar-refractivity contribution in [1.82, 2.24) is 14.5 Å². The Morgan fingerprint density at radius 1 is 1.50 bits per heavy atom. The number of thiazole rings is 1. The first kappa shape index (κ1) is 11.9. The van der Waals surface area contributed by atoms with Gasteiger partial charge in [-0.25, -0.2) is 9.97 Å². The van der Waals surface area contributed by atoms with E-state index < -0.39 is 0 Å². The highest BCUT2D eigenvalue weighted by Gasteiger charge is 2.07. The zero-order valence-corrected chi connectivity index (χ0v) is 10.9. The molecule has 0 saturated carbocycles. The molecule has 0 bridgehead atoms. The van der Waals surface area contributed by atoms with Crippen molar-refractivity contribution in [3.8, 4) is 0 Å². The second kappa shape index (κ2) is 5.18. The molecule has 0 aliphatic rings. The van der Waals surface area contributed by atoms with Crippen molar-refractivity contribution < 1.29 is 5.11 Å². The predicted octanol–water partition coefficient (Wildman–Crippen LogP) is 2.31. The van der Waals surface area contributed by atoms with E-state index in [0.717, 1.165) is 21.5 Å². The van der Waals surface area contributed by atoms with E-state index in [4.69, 9.17) is 16.7 Å². The summed E-state index contributed by atoms with van der Waals surface area (Å²) in [6.45, 7) is 0.0104. The summed E-state index contributed by atoms with van der Waals surface area (Å²) in [5, 5.41) is 9.91. The van der Waals surface area contributed by atoms with Crippen LogP contribution >= 0.6 is 34.7 Å². The number of halogens is 1. The average Bonchev–Trinajstić information content (AvgIpc) is 2.83. The minimum absolute atomic E-state index is 0.0104. The summed E-state index contributed by atoms with van der Waals surface area (Å²) in [7, 11) is 1.89. The van der Waals surface area contributed by atoms with E-state index in [-0.39, 0.29) is 6.61 Å². The molecule has 7 heteroatoms. The lowest BCUT2D eigenvalue weighted by molar-refractivity contribution is 0.271. The van der Waals surface area contributed by atoms with Gasteiger partial charge in [-0.15, -0.1) is 11.3 Å². The molecule has 16 heavy (non-hydrogen) atoms. The molecule has 4 nitrogen and oxygen atoms in total. The van der Waals surface area contributed by atoms with Crippen LogP contribution in [0.1, 0.15) is 10.6 Å². The SMILES string of the molecule is Cn1c(CO)cnc1SCc1cnc(Cl)s1. The molecule has 0 fully saturated rings. The van der Waals surface area contributed by atoms with Gasteiger partial charge in [0.15, 0.2) is 9.62 Å². The van der Waals surface area contributed by atoms with Gasteiger partial charge in [0.05, 0.1) is 18.5 Å². The monoisotopic (exact) mass is 275 g/mol. The number of rotatable bonds is 4. The summed E-state index contributed by atoms with van der Waals surface area (Å²) >= 11 is 8.82. The molecule has 0 atom stereocenters. The maximum Gasteiger partial charge on any atom is 0.183 e. The average molecular weight is 276 g/mol. The van der Waals surface area contributed by atoms with Gasteiger partial charge in [0.2, 0.25) is 0 Å². The Morgan fingerprint density at radius 3 is 2.88 bits per heavy atom. The minimum Gasteiger partial charge on any atom is -0.390 e. The molecule has 86 valence electrons. The smallest absolute Gasteiger partial charge is 0.183 e. The molecule has 0 saturated heterocycles. The molecule has 0 radical (unpaired) electrons. The number of hydrogen-bond acceptors (Lipinski definition) is 5. The van der Waals surface area contributed by atoms with Crippen LogP contribution in [-0.2, 0) is 19.4 Å². The van der Waals surface area contributed by atoms with Crippen molar-refractivity contribution in [3.63, 3.8) is 0 Å². The second-order valence-electron chi connectivity index (χ2n) is 3.12. The number of thioether (sulfide) groups is 1. The molecular formula is C9H10ClN3OS2. The lowest BCUT2D eigenvalue weighted by atomic mass is 10.5. The highest BCUT2D eigenvalue weighted by molar-refractivity contribution is 7.98. The second-order valence-corrected chi connectivity index (χ2v) is 5.76. The van der Waals surface area contributed by atoms with Crippen LogP contribution in [0.3, 0.4) is 0 Å². The van der Waals surface area contributed by atoms with Gasteiger partial charge in [0, 0.05) is 23.9 Å². The molecule has 2 rings (SSSR count). The van der Waals surface area contributed by atoms with Gasteiger partial charge in [0.25, 0.3) is 0 Å². The largest absolute Gasteiger partial charge is 0.390 e. The third kappa shape index (κ3) is 2.57. The molecular weight excluding hydrogens is 266 g/mol. The topological polar surface area (TPSA) is 50.9 Å². The molecule has 0 aliphatic heterocycles. The Balaban J connectivity index is 2.02. The van der Waals surface area contributed by atoms with E-state index in [1.54, 1.807) is 24.2 Å². The number of imidazole rings is 1. The van der Waals surface area contributed by atoms with Crippen molar-refractivity contribution in [1.29, 1.82) is 0 Å². The Morgan fingerprint density at radius 2 is 2.31 bits per heavy atom. The van der Waals surface area contributed by atoms with E-state index in [0.29, 0.717) is 4.47 Å². The van der Waals surface area contributed by atoms with Crippen LogP contribution in [0.25, 0.3) is 0 Å². The summed E-state index contributed by atoms with van der Waals surface area (Å²) < 4.78 is 2.44. The van der Waals surface area contributed by atoms with Gasteiger partial charge in [-0.05, 0) is 0 Å². The molecule has 0 aromatic carbocycles. The Labute approximate surface area is 106 Å². The zero-order chi connectivity index (χ0) is 11.5. The Hall–Kier alpha value is -0.560. The van der Waals surface area contributed by atoms with Crippen molar-refractivity contribution in [2.75, 3.05) is 0 Å². The lowest BCUT2D eigenvalue weighted by Gasteiger charge is -2.02. The molecule has 0 aliphatic carbocycles. The number of aliphatic hydroxyl groups excluding tert-OH is 1. The van der Waals surface area contributed by atoms with Crippen LogP contribution in [0.4, 0.5) is 0 Å². The Kier molecular flexibility index (Phi) is 3.86. The fourth-order valence-electron chi connectivity index (χ4n) is 1.19. The van der Waals surface area contributed by atoms with Crippen LogP contribution in [0.2, 0.25) is 4.47 Å². The third-order valence-corrected chi connectivity index (χ3v) is 4.46. The summed E-state index contributed by atoms with van der Waals surface area (Å²) in [5.41, 5.74) is 0.810. The first-order chi connectivity index (χ1) is 7.70. The number of nitrogens with zero attached hydrogens (tertiary/aromatic N) is 3. The summed E-state index contributed by atoms with van der Waals surface area (Å²) in [5.74, 6) is 0.792. The quantitative estimate of drug-likeness (QED) is 0.870. The van der Waals surface area contributed by atoms with Crippen LogP contribution in [0.5, 0.6) is 0 Å². The van der Waals surface area contributed by atoms with E-state index in [1.165, 1.54) is 11.3 Å². The van der Waals surface area contributed by atoms with Crippen LogP contribution in [0.15, 0.2) is 17.6 Å². The first-order valence-electron chi connectivity index (χ1n) is 4.55. The van der Waals surface area contributed by atoms with Crippen molar-refractivity contribution in [3.05, 3.63) is 27.4 Å². The van der Waals surface area contributed by atoms with E-state index >= 15 is 0 Å². The van der Waals surface area contributed by atoms with Gasteiger partial charge in [-0.1, -0.05) is 23.4 Å². The van der Waals surface area contributed by atoms with E-state index in [2.05, 4.69) is 9.97 Å². The summed E-state index contributed by atoms with van der Waals surface area (Å²) in [6.07, 6.45) is 3.46. The van der Waals surface area contributed by atoms with E-state index in [9.17, 15) is 0 Å². The molecule has 0 amide bonds. The predicted molar refractivity (Wildman–Crippen MR) is 65.8 cm³/mol. The maximum atomic E-state index is 9.02. The standard InChI is InChI=1S/C9H10ClN3OS2/c1-13-6(4-14)2-12-9(13)15-5-7-3-11-8(10)16-7/h2-3,14H,4-5H2,1H3. The van der Waals surface area contributed by atoms with Gasteiger partial charge in [-0.2, -0.15) is 0 Å². The third-order valence-electron chi connectivity index (χ3n) is 2.07. The summed E-state index contributed by atoms with van der Waals surface area (Å²) in [6, 6.07) is 0. The number of aliphatic hydroxyl groups is 1. The highest BCUT2D eigenvalue weighted by atomic mass is 35.5. The maximum absolute atomic E-state index is 9.02. The molecule has 2 heterocycles. The van der Waals surface area contributed by atoms with Crippen molar-refractivity contribution >= 4 is 34.7 Å². The lowest BCUT2D eigenvalue weighted by Crippen LogP contribution is -1.97. The van der Waals surface area contributed by atoms with E-state index in [1.807, 2.05) is 11.6 Å². The van der Waals surface area contributed by atoms with Crippen LogP contribution in [0, 0.1) is 0 Å². The molecule has 1 N–H and O–H groups in total. The van der Waals surface area contributed by atoms with Crippen molar-refractivity contribution in [2.24, 2.45) is 7.05 Å². The normalized spacial score (nSPS) is 10.9. The fraction of sp³-hybridized carbons (Fsp3) is 0.333. The van der Waals surface area contributed by atoms with Gasteiger partial charge >= 0.3 is 0 Å². The van der Waals surface area contributed by atoms with Gasteiger partial charge < -0.3 is 9.67 Å². The fourth-order valence-corrected chi connectivity index (χ4v) is 3.16. The van der Waals surface area contributed by atoms with Gasteiger partial charge in [-0.3, -0.25) is 0 Å². The molecule has 0 unspecified atom stereocenters. The molecule has 2 aromatic heterocycles. The highest BCUT2D eigenvalue weighted by Crippen LogP contribution is 2.26. The first-order valence-corrected chi connectivity index (χ1v) is 6.73. The van der Waals surface area contributed by atoms with Crippen LogP contribution in [-0.4, -0.2) is 19.6 Å². The summed E-state index contributed by atoms with van der Waals surface area (Å²) in [4.78, 5) is 9.32. The Bertz CT molecular complexity index is 483. The molecule has 2 aromatic rings. The number of aromatic nitrogens is 3. The van der Waals surface area contributed by atoms with Crippen LogP contribution < -0.4 is 0 Å². The van der Waals surface area contributed by atoms with Gasteiger partial charge in [0.1, 0.15) is 0 Å². The van der Waals surface area contributed by atoms with Crippen molar-refractivity contribution in [2.45, 2.75) is 17.5 Å². The molecule has 0 spiro atoms. The minimum atomic E-state index is 0.0104. The zero-order valence-electron chi connectivity index (χ0n) is 8.55. The number of hydrogen-bond donors (Lipinski definition) is 1.